The van der Waals surface area contributed by atoms with E-state index in [0.29, 0.717) is 12.5 Å². The van der Waals surface area contributed by atoms with Gasteiger partial charge in [-0.1, -0.05) is 6.92 Å². The molecule has 3 heterocycles. The maximum Gasteiger partial charge on any atom is 0.125 e. The highest BCUT2D eigenvalue weighted by Crippen LogP contribution is 2.54. The van der Waals surface area contributed by atoms with Gasteiger partial charge in [0.1, 0.15) is 5.75 Å². The number of nitrogens with zero attached hydrogens (tertiary/aromatic N) is 3. The highest BCUT2D eigenvalue weighted by atomic mass is 16.5. The van der Waals surface area contributed by atoms with Gasteiger partial charge in [0.25, 0.3) is 0 Å². The van der Waals surface area contributed by atoms with E-state index in [9.17, 15) is 5.11 Å². The van der Waals surface area contributed by atoms with Crippen LogP contribution in [-0.4, -0.2) is 32.1 Å². The third-order valence-electron chi connectivity index (χ3n) is 7.26. The summed E-state index contributed by atoms with van der Waals surface area (Å²) in [6.07, 6.45) is 8.51. The molecule has 1 aliphatic carbocycles. The van der Waals surface area contributed by atoms with Crippen molar-refractivity contribution in [3.05, 3.63) is 47.9 Å². The highest BCUT2D eigenvalue weighted by Gasteiger charge is 2.49. The number of fused-ring (bicyclic) bond motifs is 4. The molecule has 2 aliphatic rings. The first-order valence-electron chi connectivity index (χ1n) is 10.7. The smallest absolute Gasteiger partial charge is 0.125 e. The number of hydrogen-bond acceptors (Lipinski definition) is 4. The lowest BCUT2D eigenvalue weighted by Gasteiger charge is -2.48. The van der Waals surface area contributed by atoms with Gasteiger partial charge in [0.2, 0.25) is 0 Å². The number of aliphatic hydroxyl groups is 1. The molecule has 5 rings (SSSR count). The van der Waals surface area contributed by atoms with Gasteiger partial charge < -0.3 is 9.84 Å². The predicted molar refractivity (Wildman–Crippen MR) is 114 cm³/mol. The first-order valence-corrected chi connectivity index (χ1v) is 10.7. The summed E-state index contributed by atoms with van der Waals surface area (Å²) in [6, 6.07) is 8.49. The molecule has 29 heavy (non-hydrogen) atoms. The minimum Gasteiger partial charge on any atom is -0.493 e. The Morgan fingerprint density at radius 2 is 2.14 bits per heavy atom. The third kappa shape index (κ3) is 2.94. The highest BCUT2D eigenvalue weighted by molar-refractivity contribution is 5.83. The van der Waals surface area contributed by atoms with Crippen molar-refractivity contribution in [3.8, 4) is 11.4 Å². The fourth-order valence-electron chi connectivity index (χ4n) is 5.66. The van der Waals surface area contributed by atoms with Crippen LogP contribution in [0.4, 0.5) is 0 Å². The standard InChI is InChI=1S/C24H29N3O2/c1-4-24-8-7-23(3,28)14-18(24)6-10-29-22-13-21-17(12-20(22)24)15-26-27(21)19-5-9-25-16(2)11-19/h5,9,11-13,15,18,28H,4,6-8,10,14H2,1-3H3/t18-,23+,24+/m1/s1. The van der Waals surface area contributed by atoms with Gasteiger partial charge in [0, 0.05) is 34.3 Å². The van der Waals surface area contributed by atoms with Crippen LogP contribution in [0, 0.1) is 12.8 Å². The fraction of sp³-hybridized carbons (Fsp3) is 0.500. The average Bonchev–Trinajstić information content (AvgIpc) is 3.04. The van der Waals surface area contributed by atoms with Crippen molar-refractivity contribution in [1.29, 1.82) is 0 Å². The summed E-state index contributed by atoms with van der Waals surface area (Å²) in [7, 11) is 0. The Morgan fingerprint density at radius 3 is 2.93 bits per heavy atom. The van der Waals surface area contributed by atoms with Crippen molar-refractivity contribution >= 4 is 10.9 Å². The van der Waals surface area contributed by atoms with Crippen molar-refractivity contribution in [2.45, 2.75) is 63.9 Å². The maximum atomic E-state index is 10.7. The number of benzene rings is 1. The van der Waals surface area contributed by atoms with Crippen LogP contribution >= 0.6 is 0 Å². The molecule has 0 radical (unpaired) electrons. The van der Waals surface area contributed by atoms with E-state index in [2.05, 4.69) is 29.1 Å². The van der Waals surface area contributed by atoms with Crippen molar-refractivity contribution in [1.82, 2.24) is 14.8 Å². The lowest BCUT2D eigenvalue weighted by Crippen LogP contribution is -2.46. The fourth-order valence-corrected chi connectivity index (χ4v) is 5.66. The van der Waals surface area contributed by atoms with Gasteiger partial charge in [-0.25, -0.2) is 4.68 Å². The number of aromatic nitrogens is 3. The SMILES string of the molecule is CC[C@]12CC[C@](C)(O)C[C@H]1CCOc1cc3c(cnn3-c3ccnc(C)c3)cc12. The van der Waals surface area contributed by atoms with Crippen LogP contribution in [0.3, 0.4) is 0 Å². The van der Waals surface area contributed by atoms with Crippen LogP contribution in [-0.2, 0) is 5.41 Å². The second-order valence-electron chi connectivity index (χ2n) is 9.16. The molecule has 0 saturated heterocycles. The molecule has 1 saturated carbocycles. The maximum absolute atomic E-state index is 10.7. The molecule has 0 amide bonds. The van der Waals surface area contributed by atoms with Crippen LogP contribution in [0.1, 0.15) is 57.2 Å². The van der Waals surface area contributed by atoms with Gasteiger partial charge in [-0.05, 0) is 70.1 Å². The molecule has 5 nitrogen and oxygen atoms in total. The minimum atomic E-state index is -0.567. The molecule has 3 atom stereocenters. The van der Waals surface area contributed by atoms with E-state index in [4.69, 9.17) is 4.74 Å². The van der Waals surface area contributed by atoms with Gasteiger partial charge in [-0.2, -0.15) is 5.10 Å². The Bertz CT molecular complexity index is 1070. The van der Waals surface area contributed by atoms with Crippen LogP contribution in [0.15, 0.2) is 36.7 Å². The molecule has 152 valence electrons. The first kappa shape index (κ1) is 18.6. The summed E-state index contributed by atoms with van der Waals surface area (Å²) in [5.41, 5.74) is 3.84. The van der Waals surface area contributed by atoms with E-state index >= 15 is 0 Å². The Hall–Kier alpha value is -2.40. The predicted octanol–water partition coefficient (Wildman–Crippen LogP) is 4.71. The first-order chi connectivity index (χ1) is 13.9. The Morgan fingerprint density at radius 1 is 1.28 bits per heavy atom. The molecular weight excluding hydrogens is 362 g/mol. The number of ether oxygens (including phenoxy) is 1. The lowest BCUT2D eigenvalue weighted by atomic mass is 9.57. The van der Waals surface area contributed by atoms with Gasteiger partial charge in [-0.3, -0.25) is 4.98 Å². The Kier molecular flexibility index (Phi) is 4.21. The Balaban J connectivity index is 1.67. The summed E-state index contributed by atoms with van der Waals surface area (Å²) >= 11 is 0. The summed E-state index contributed by atoms with van der Waals surface area (Å²) < 4.78 is 8.26. The van der Waals surface area contributed by atoms with E-state index in [1.165, 1.54) is 5.56 Å². The van der Waals surface area contributed by atoms with E-state index in [1.54, 1.807) is 0 Å². The molecule has 1 N–H and O–H groups in total. The van der Waals surface area contributed by atoms with Crippen molar-refractivity contribution in [3.63, 3.8) is 0 Å². The number of hydrogen-bond donors (Lipinski definition) is 1. The van der Waals surface area contributed by atoms with Gasteiger partial charge >= 0.3 is 0 Å². The Labute approximate surface area is 171 Å². The van der Waals surface area contributed by atoms with E-state index < -0.39 is 5.60 Å². The third-order valence-corrected chi connectivity index (χ3v) is 7.26. The summed E-state index contributed by atoms with van der Waals surface area (Å²) in [6.45, 7) is 6.97. The lowest BCUT2D eigenvalue weighted by molar-refractivity contribution is -0.0341. The summed E-state index contributed by atoms with van der Waals surface area (Å²) in [5, 5.41) is 16.5. The van der Waals surface area contributed by atoms with Crippen LogP contribution in [0.5, 0.6) is 5.75 Å². The zero-order valence-corrected chi connectivity index (χ0v) is 17.5. The minimum absolute atomic E-state index is 0.0671. The second kappa shape index (κ2) is 6.56. The van der Waals surface area contributed by atoms with E-state index in [-0.39, 0.29) is 5.41 Å². The van der Waals surface area contributed by atoms with Gasteiger partial charge in [-0.15, -0.1) is 0 Å². The quantitative estimate of drug-likeness (QED) is 0.687. The molecule has 3 aromatic rings. The van der Waals surface area contributed by atoms with Gasteiger partial charge in [0.05, 0.1) is 29.6 Å². The molecule has 1 aromatic carbocycles. The molecular formula is C24H29N3O2. The topological polar surface area (TPSA) is 60.2 Å². The zero-order chi connectivity index (χ0) is 20.2. The molecule has 0 spiro atoms. The monoisotopic (exact) mass is 391 g/mol. The second-order valence-corrected chi connectivity index (χ2v) is 9.16. The molecule has 2 aromatic heterocycles. The molecule has 5 heteroatoms. The molecule has 1 fully saturated rings. The number of aryl methyl sites for hydroxylation is 1. The number of pyridine rings is 1. The van der Waals surface area contributed by atoms with E-state index in [0.717, 1.165) is 60.1 Å². The van der Waals surface area contributed by atoms with Crippen LogP contribution in [0.25, 0.3) is 16.6 Å². The summed E-state index contributed by atoms with van der Waals surface area (Å²) in [5.74, 6) is 1.42. The average molecular weight is 392 g/mol. The van der Waals surface area contributed by atoms with Crippen LogP contribution in [0.2, 0.25) is 0 Å². The normalized spacial score (nSPS) is 29.0. The molecule has 0 unspecified atom stereocenters. The molecule has 0 bridgehead atoms. The van der Waals surface area contributed by atoms with Gasteiger partial charge in [0.15, 0.2) is 0 Å². The van der Waals surface area contributed by atoms with Crippen molar-refractivity contribution < 1.29 is 9.84 Å². The van der Waals surface area contributed by atoms with Crippen molar-refractivity contribution in [2.24, 2.45) is 5.92 Å². The largest absolute Gasteiger partial charge is 0.493 e. The number of rotatable bonds is 2. The molecule has 1 aliphatic heterocycles. The van der Waals surface area contributed by atoms with Crippen LogP contribution < -0.4 is 4.74 Å². The van der Waals surface area contributed by atoms with Crippen molar-refractivity contribution in [2.75, 3.05) is 6.61 Å². The van der Waals surface area contributed by atoms with E-state index in [1.807, 2.05) is 43.1 Å². The summed E-state index contributed by atoms with van der Waals surface area (Å²) in [4.78, 5) is 4.30. The zero-order valence-electron chi connectivity index (χ0n) is 17.5.